The molecule has 0 atom stereocenters. The van der Waals surface area contributed by atoms with Crippen LogP contribution in [0.5, 0.6) is 0 Å². The first-order valence-electron chi connectivity index (χ1n) is 5.83. The molecule has 1 aromatic carbocycles. The minimum atomic E-state index is -0.551. The average molecular weight is 250 g/mol. The average Bonchev–Trinajstić information content (AvgIpc) is 2.90. The van der Waals surface area contributed by atoms with Gasteiger partial charge in [-0.3, -0.25) is 14.0 Å². The highest BCUT2D eigenvalue weighted by Gasteiger charge is 2.21. The smallest absolute Gasteiger partial charge is 0.251 e. The molecule has 4 heteroatoms. The lowest BCUT2D eigenvalue weighted by Crippen LogP contribution is -2.16. The fourth-order valence-electron chi connectivity index (χ4n) is 1.94. The van der Waals surface area contributed by atoms with Gasteiger partial charge in [0.15, 0.2) is 0 Å². The van der Waals surface area contributed by atoms with Crippen LogP contribution in [-0.4, -0.2) is 21.0 Å². The number of ketones is 2. The summed E-state index contributed by atoms with van der Waals surface area (Å²) in [5, 5.41) is 0. The Kier molecular flexibility index (Phi) is 2.68. The molecule has 4 nitrogen and oxygen atoms in total. The van der Waals surface area contributed by atoms with Gasteiger partial charge < -0.3 is 0 Å². The topological polar surface area (TPSA) is 51.4 Å². The molecule has 2 aromatic heterocycles. The van der Waals surface area contributed by atoms with Crippen LogP contribution < -0.4 is 0 Å². The van der Waals surface area contributed by atoms with E-state index in [1.165, 1.54) is 6.20 Å². The molecule has 0 N–H and O–H groups in total. The highest BCUT2D eigenvalue weighted by Crippen LogP contribution is 2.10. The molecule has 0 radical (unpaired) electrons. The molecule has 0 aliphatic rings. The molecular weight excluding hydrogens is 240 g/mol. The first-order valence-corrected chi connectivity index (χ1v) is 5.83. The number of fused-ring (bicyclic) bond motifs is 1. The van der Waals surface area contributed by atoms with E-state index in [2.05, 4.69) is 4.98 Å². The summed E-state index contributed by atoms with van der Waals surface area (Å²) < 4.78 is 1.61. The van der Waals surface area contributed by atoms with Crippen LogP contribution in [0.1, 0.15) is 20.8 Å². The Morgan fingerprint density at radius 1 is 0.895 bits per heavy atom. The number of Topliss-reactive ketones (excluding diaryl/α,β-unsaturated/α-hetero) is 2. The van der Waals surface area contributed by atoms with E-state index >= 15 is 0 Å². The van der Waals surface area contributed by atoms with Crippen LogP contribution in [0.4, 0.5) is 0 Å². The predicted molar refractivity (Wildman–Crippen MR) is 70.3 cm³/mol. The summed E-state index contributed by atoms with van der Waals surface area (Å²) in [7, 11) is 0. The maximum absolute atomic E-state index is 12.2. The lowest BCUT2D eigenvalue weighted by atomic mass is 10.1. The highest BCUT2D eigenvalue weighted by molar-refractivity contribution is 6.48. The summed E-state index contributed by atoms with van der Waals surface area (Å²) in [6.07, 6.45) is 3.15. The van der Waals surface area contributed by atoms with Gasteiger partial charge in [0.05, 0.1) is 6.20 Å². The molecule has 0 spiro atoms. The van der Waals surface area contributed by atoms with Crippen LogP contribution in [0.15, 0.2) is 60.9 Å². The zero-order valence-corrected chi connectivity index (χ0v) is 9.98. The van der Waals surface area contributed by atoms with Crippen molar-refractivity contribution in [3.05, 3.63) is 72.2 Å². The van der Waals surface area contributed by atoms with Gasteiger partial charge >= 0.3 is 0 Å². The van der Waals surface area contributed by atoms with Crippen LogP contribution in [-0.2, 0) is 0 Å². The van der Waals surface area contributed by atoms with Crippen LogP contribution in [0.3, 0.4) is 0 Å². The lowest BCUT2D eigenvalue weighted by Gasteiger charge is -2.00. The maximum Gasteiger partial charge on any atom is 0.251 e. The number of pyridine rings is 1. The van der Waals surface area contributed by atoms with E-state index in [4.69, 9.17) is 0 Å². The van der Waals surface area contributed by atoms with Crippen molar-refractivity contribution in [2.75, 3.05) is 0 Å². The number of nitrogens with zero attached hydrogens (tertiary/aromatic N) is 2. The number of carbonyl (C=O) groups is 2. The Balaban J connectivity index is 2.03. The van der Waals surface area contributed by atoms with Gasteiger partial charge in [0, 0.05) is 11.8 Å². The molecule has 0 saturated carbocycles. The third-order valence-electron chi connectivity index (χ3n) is 2.89. The van der Waals surface area contributed by atoms with Gasteiger partial charge in [-0.05, 0) is 12.1 Å². The summed E-state index contributed by atoms with van der Waals surface area (Å²) in [6.45, 7) is 0. The van der Waals surface area contributed by atoms with Crippen molar-refractivity contribution >= 4 is 17.2 Å². The third-order valence-corrected chi connectivity index (χ3v) is 2.89. The number of rotatable bonds is 3. The maximum atomic E-state index is 12.2. The van der Waals surface area contributed by atoms with E-state index in [0.717, 1.165) is 0 Å². The molecule has 0 aliphatic carbocycles. The Morgan fingerprint density at radius 2 is 1.63 bits per heavy atom. The zero-order chi connectivity index (χ0) is 13.2. The second-order valence-corrected chi connectivity index (χ2v) is 4.10. The first kappa shape index (κ1) is 11.3. The van der Waals surface area contributed by atoms with Gasteiger partial charge in [0.1, 0.15) is 11.3 Å². The summed E-state index contributed by atoms with van der Waals surface area (Å²) in [5.74, 6) is -1.07. The first-order chi connectivity index (χ1) is 9.27. The van der Waals surface area contributed by atoms with Gasteiger partial charge in [-0.15, -0.1) is 0 Å². The van der Waals surface area contributed by atoms with Crippen molar-refractivity contribution in [1.29, 1.82) is 0 Å². The molecule has 0 bridgehead atoms. The largest absolute Gasteiger partial charge is 0.297 e. The van der Waals surface area contributed by atoms with E-state index < -0.39 is 11.6 Å². The second-order valence-electron chi connectivity index (χ2n) is 4.10. The highest BCUT2D eigenvalue weighted by atomic mass is 16.2. The van der Waals surface area contributed by atoms with Gasteiger partial charge in [-0.25, -0.2) is 4.98 Å². The summed E-state index contributed by atoms with van der Waals surface area (Å²) >= 11 is 0. The van der Waals surface area contributed by atoms with Gasteiger partial charge in [0.2, 0.25) is 5.78 Å². The monoisotopic (exact) mass is 250 g/mol. The Bertz CT molecular complexity index is 760. The van der Waals surface area contributed by atoms with Gasteiger partial charge in [-0.2, -0.15) is 0 Å². The predicted octanol–water partition coefficient (Wildman–Crippen LogP) is 2.40. The van der Waals surface area contributed by atoms with Crippen LogP contribution in [0.25, 0.3) is 5.65 Å². The van der Waals surface area contributed by atoms with Crippen LogP contribution in [0.2, 0.25) is 0 Å². The molecule has 0 aliphatic heterocycles. The Hall–Kier alpha value is -2.75. The Labute approximate surface area is 109 Å². The van der Waals surface area contributed by atoms with Crippen molar-refractivity contribution in [2.45, 2.75) is 0 Å². The molecule has 0 unspecified atom stereocenters. The quantitative estimate of drug-likeness (QED) is 0.529. The van der Waals surface area contributed by atoms with E-state index in [9.17, 15) is 9.59 Å². The molecule has 3 aromatic rings. The minimum absolute atomic E-state index is 0.282. The summed E-state index contributed by atoms with van der Waals surface area (Å²) in [5.41, 5.74) is 1.31. The number of hydrogen-bond acceptors (Lipinski definition) is 3. The van der Waals surface area contributed by atoms with Gasteiger partial charge in [-0.1, -0.05) is 36.4 Å². The number of aromatic nitrogens is 2. The van der Waals surface area contributed by atoms with E-state index in [0.29, 0.717) is 11.2 Å². The van der Waals surface area contributed by atoms with Crippen molar-refractivity contribution < 1.29 is 9.59 Å². The third kappa shape index (κ3) is 1.93. The summed E-state index contributed by atoms with van der Waals surface area (Å²) in [6, 6.07) is 13.9. The number of hydrogen-bond donors (Lipinski definition) is 0. The standard InChI is InChI=1S/C15H10N2O2/c18-14(11-6-2-1-3-7-11)15(19)12-10-16-13-8-4-5-9-17(12)13/h1-10H. The van der Waals surface area contributed by atoms with E-state index in [-0.39, 0.29) is 5.69 Å². The fourth-order valence-corrected chi connectivity index (χ4v) is 1.94. The fraction of sp³-hybridized carbons (Fsp3) is 0. The second kappa shape index (κ2) is 4.49. The number of benzene rings is 1. The minimum Gasteiger partial charge on any atom is -0.297 e. The summed E-state index contributed by atoms with van der Waals surface area (Å²) in [4.78, 5) is 28.4. The Morgan fingerprint density at radius 3 is 2.42 bits per heavy atom. The lowest BCUT2D eigenvalue weighted by molar-refractivity contribution is 0.0813. The molecule has 0 fully saturated rings. The number of imidazole rings is 1. The van der Waals surface area contributed by atoms with Crippen LogP contribution >= 0.6 is 0 Å². The molecule has 19 heavy (non-hydrogen) atoms. The van der Waals surface area contributed by atoms with Crippen LogP contribution in [0, 0.1) is 0 Å². The zero-order valence-electron chi connectivity index (χ0n) is 9.98. The molecule has 92 valence electrons. The molecule has 0 saturated heterocycles. The van der Waals surface area contributed by atoms with E-state index in [1.54, 1.807) is 53.1 Å². The van der Waals surface area contributed by atoms with Gasteiger partial charge in [0.25, 0.3) is 5.78 Å². The molecule has 2 heterocycles. The SMILES string of the molecule is O=C(C(=O)c1cnc2ccccn12)c1ccccc1. The van der Waals surface area contributed by atoms with Crippen molar-refractivity contribution in [3.63, 3.8) is 0 Å². The van der Waals surface area contributed by atoms with Crippen molar-refractivity contribution in [2.24, 2.45) is 0 Å². The van der Waals surface area contributed by atoms with Crippen molar-refractivity contribution in [3.8, 4) is 0 Å². The molecule has 0 amide bonds. The normalized spacial score (nSPS) is 10.5. The van der Waals surface area contributed by atoms with E-state index in [1.807, 2.05) is 6.07 Å². The molecule has 3 rings (SSSR count). The number of carbonyl (C=O) groups excluding carboxylic acids is 2. The van der Waals surface area contributed by atoms with Crippen molar-refractivity contribution in [1.82, 2.24) is 9.38 Å². The molecular formula is C15H10N2O2.